The second kappa shape index (κ2) is 10.5. The van der Waals surface area contributed by atoms with Crippen LogP contribution in [0.25, 0.3) is 5.69 Å². The number of carboxylic acids is 1. The molecule has 0 saturated carbocycles. The summed E-state index contributed by atoms with van der Waals surface area (Å²) in [5, 5.41) is 33.4. The Morgan fingerprint density at radius 1 is 1.13 bits per heavy atom. The fourth-order valence-corrected chi connectivity index (χ4v) is 3.50. The summed E-state index contributed by atoms with van der Waals surface area (Å²) in [4.78, 5) is 24.9. The van der Waals surface area contributed by atoms with Gasteiger partial charge in [-0.25, -0.2) is 9.07 Å². The molecule has 0 aliphatic heterocycles. The normalized spacial score (nSPS) is 13.3. The molecule has 2 aromatic rings. The van der Waals surface area contributed by atoms with Gasteiger partial charge < -0.3 is 20.2 Å². The molecular formula is C22H30FN3O5. The summed E-state index contributed by atoms with van der Waals surface area (Å²) in [7, 11) is 3.27. The lowest BCUT2D eigenvalue weighted by molar-refractivity contribution is -0.139. The van der Waals surface area contributed by atoms with E-state index >= 15 is 0 Å². The summed E-state index contributed by atoms with van der Waals surface area (Å²) in [5.41, 5.74) is 2.32. The molecule has 3 N–H and O–H groups in total. The van der Waals surface area contributed by atoms with E-state index in [1.807, 2.05) is 13.8 Å². The highest BCUT2D eigenvalue weighted by Crippen LogP contribution is 2.29. The Balaban J connectivity index is 2.41. The van der Waals surface area contributed by atoms with E-state index in [-0.39, 0.29) is 24.7 Å². The second-order valence-electron chi connectivity index (χ2n) is 8.13. The number of aliphatic carboxylic acids is 1. The van der Waals surface area contributed by atoms with Crippen molar-refractivity contribution < 1.29 is 29.3 Å². The molecule has 1 amide bonds. The average Bonchev–Trinajstić information content (AvgIpc) is 3.05. The van der Waals surface area contributed by atoms with Gasteiger partial charge in [0, 0.05) is 25.4 Å². The molecule has 0 fully saturated rings. The number of nitrogens with zero attached hydrogens (tertiary/aromatic N) is 3. The van der Waals surface area contributed by atoms with Crippen LogP contribution < -0.4 is 0 Å². The highest BCUT2D eigenvalue weighted by atomic mass is 19.1. The molecule has 8 nitrogen and oxygen atoms in total. The van der Waals surface area contributed by atoms with Gasteiger partial charge in [0.05, 0.1) is 24.3 Å². The van der Waals surface area contributed by atoms with Gasteiger partial charge in [-0.15, -0.1) is 0 Å². The van der Waals surface area contributed by atoms with Gasteiger partial charge in [-0.3, -0.25) is 9.59 Å². The van der Waals surface area contributed by atoms with Crippen molar-refractivity contribution in [2.45, 2.75) is 57.7 Å². The van der Waals surface area contributed by atoms with Gasteiger partial charge >= 0.3 is 5.97 Å². The summed E-state index contributed by atoms with van der Waals surface area (Å²) in [6, 6.07) is 5.74. The molecule has 31 heavy (non-hydrogen) atoms. The number of carbonyl (C=O) groups is 2. The monoisotopic (exact) mass is 435 g/mol. The summed E-state index contributed by atoms with van der Waals surface area (Å²) >= 11 is 0. The molecule has 0 saturated heterocycles. The largest absolute Gasteiger partial charge is 0.481 e. The standard InChI is InChI=1S/C22H30FN3O5/c1-13(2)20-18(10-9-16(27)11-17(28)12-19(29)30)26(15-7-5-14(23)6-8-15)24-21(20)22(31)25(3)4/h5-8,13,16-17,27-28H,9-12H2,1-4H3,(H,29,30). The first-order valence-corrected chi connectivity index (χ1v) is 10.2. The predicted octanol–water partition coefficient (Wildman–Crippen LogP) is 2.36. The molecular weight excluding hydrogens is 405 g/mol. The molecule has 0 bridgehead atoms. The molecule has 0 aliphatic rings. The number of hydrogen-bond donors (Lipinski definition) is 3. The van der Waals surface area contributed by atoms with E-state index in [4.69, 9.17) is 5.11 Å². The first-order valence-electron chi connectivity index (χ1n) is 10.2. The molecule has 0 aliphatic carbocycles. The molecule has 2 rings (SSSR count). The lowest BCUT2D eigenvalue weighted by atomic mass is 9.95. The van der Waals surface area contributed by atoms with Gasteiger partial charge in [0.1, 0.15) is 5.82 Å². The van der Waals surface area contributed by atoms with Crippen molar-refractivity contribution in [3.8, 4) is 5.69 Å². The maximum atomic E-state index is 13.4. The second-order valence-corrected chi connectivity index (χ2v) is 8.13. The van der Waals surface area contributed by atoms with Crippen LogP contribution in [0.4, 0.5) is 4.39 Å². The van der Waals surface area contributed by atoms with Crippen LogP contribution in [0.1, 0.15) is 60.8 Å². The van der Waals surface area contributed by atoms with Crippen LogP contribution in [0.15, 0.2) is 24.3 Å². The van der Waals surface area contributed by atoms with Crippen molar-refractivity contribution in [1.29, 1.82) is 0 Å². The number of benzene rings is 1. The van der Waals surface area contributed by atoms with Crippen molar-refractivity contribution >= 4 is 11.9 Å². The van der Waals surface area contributed by atoms with Gasteiger partial charge in [-0.1, -0.05) is 13.8 Å². The Labute approximate surface area is 180 Å². The topological polar surface area (TPSA) is 116 Å². The SMILES string of the molecule is CC(C)c1c(C(=O)N(C)C)nn(-c2ccc(F)cc2)c1CCC(O)CC(O)CC(=O)O. The first kappa shape index (κ1) is 24.5. The van der Waals surface area contributed by atoms with Gasteiger partial charge in [-0.2, -0.15) is 5.10 Å². The van der Waals surface area contributed by atoms with E-state index in [2.05, 4.69) is 5.10 Å². The molecule has 0 spiro atoms. The molecule has 2 unspecified atom stereocenters. The summed E-state index contributed by atoms with van der Waals surface area (Å²) in [5.74, 6) is -1.84. The number of amides is 1. The number of carboxylic acid groups (broad SMARTS) is 1. The van der Waals surface area contributed by atoms with Crippen molar-refractivity contribution in [1.82, 2.24) is 14.7 Å². The van der Waals surface area contributed by atoms with Gasteiger partial charge in [0.2, 0.25) is 0 Å². The van der Waals surface area contributed by atoms with E-state index in [1.54, 1.807) is 30.9 Å². The van der Waals surface area contributed by atoms with Crippen molar-refractivity contribution in [3.05, 3.63) is 47.0 Å². The minimum absolute atomic E-state index is 0.0437. The van der Waals surface area contributed by atoms with Gasteiger partial charge in [0.15, 0.2) is 5.69 Å². The zero-order chi connectivity index (χ0) is 23.3. The van der Waals surface area contributed by atoms with Crippen LogP contribution in [0, 0.1) is 5.82 Å². The quantitative estimate of drug-likeness (QED) is 0.528. The van der Waals surface area contributed by atoms with E-state index in [0.29, 0.717) is 23.5 Å². The fourth-order valence-electron chi connectivity index (χ4n) is 3.50. The van der Waals surface area contributed by atoms with Crippen LogP contribution in [-0.4, -0.2) is 68.2 Å². The summed E-state index contributed by atoms with van der Waals surface area (Å²) < 4.78 is 15.0. The Hall–Kier alpha value is -2.78. The molecule has 170 valence electrons. The highest BCUT2D eigenvalue weighted by Gasteiger charge is 2.27. The van der Waals surface area contributed by atoms with Crippen molar-refractivity contribution in [2.75, 3.05) is 14.1 Å². The van der Waals surface area contributed by atoms with Crippen LogP contribution >= 0.6 is 0 Å². The maximum Gasteiger partial charge on any atom is 0.305 e. The Bertz CT molecular complexity index is 909. The molecule has 1 aromatic heterocycles. The smallest absolute Gasteiger partial charge is 0.305 e. The predicted molar refractivity (Wildman–Crippen MR) is 113 cm³/mol. The van der Waals surface area contributed by atoms with E-state index in [9.17, 15) is 24.2 Å². The minimum Gasteiger partial charge on any atom is -0.481 e. The Kier molecular flexibility index (Phi) is 8.29. The molecule has 1 aromatic carbocycles. The third-order valence-electron chi connectivity index (χ3n) is 4.95. The van der Waals surface area contributed by atoms with Crippen LogP contribution in [0.3, 0.4) is 0 Å². The maximum absolute atomic E-state index is 13.4. The first-order chi connectivity index (χ1) is 14.5. The van der Waals surface area contributed by atoms with Crippen LogP contribution in [0.2, 0.25) is 0 Å². The van der Waals surface area contributed by atoms with E-state index in [1.165, 1.54) is 17.0 Å². The lowest BCUT2D eigenvalue weighted by Crippen LogP contribution is -2.23. The van der Waals surface area contributed by atoms with E-state index in [0.717, 1.165) is 5.56 Å². The Morgan fingerprint density at radius 2 is 1.74 bits per heavy atom. The summed E-state index contributed by atoms with van der Waals surface area (Å²) in [6.45, 7) is 3.88. The number of carbonyl (C=O) groups excluding carboxylic acids is 1. The minimum atomic E-state index is -1.15. The third-order valence-corrected chi connectivity index (χ3v) is 4.95. The lowest BCUT2D eigenvalue weighted by Gasteiger charge is -2.17. The number of aromatic nitrogens is 2. The number of rotatable bonds is 10. The number of hydrogen-bond acceptors (Lipinski definition) is 5. The van der Waals surface area contributed by atoms with Crippen LogP contribution in [-0.2, 0) is 11.2 Å². The highest BCUT2D eigenvalue weighted by molar-refractivity contribution is 5.94. The Morgan fingerprint density at radius 3 is 2.26 bits per heavy atom. The number of aliphatic hydroxyl groups excluding tert-OH is 2. The molecule has 2 atom stereocenters. The molecule has 0 radical (unpaired) electrons. The average molecular weight is 435 g/mol. The zero-order valence-corrected chi connectivity index (χ0v) is 18.2. The van der Waals surface area contributed by atoms with Crippen molar-refractivity contribution in [3.63, 3.8) is 0 Å². The van der Waals surface area contributed by atoms with Gasteiger partial charge in [0.25, 0.3) is 5.91 Å². The molecule has 1 heterocycles. The third kappa shape index (κ3) is 6.35. The van der Waals surface area contributed by atoms with E-state index < -0.39 is 30.4 Å². The zero-order valence-electron chi connectivity index (χ0n) is 18.2. The molecule has 9 heteroatoms. The fraction of sp³-hybridized carbons (Fsp3) is 0.500. The number of aliphatic hydroxyl groups is 2. The number of halogens is 1. The van der Waals surface area contributed by atoms with Gasteiger partial charge in [-0.05, 0) is 49.4 Å². The summed E-state index contributed by atoms with van der Waals surface area (Å²) in [6.07, 6.45) is -2.02. The van der Waals surface area contributed by atoms with Crippen molar-refractivity contribution in [2.24, 2.45) is 0 Å². The van der Waals surface area contributed by atoms with Crippen LogP contribution in [0.5, 0.6) is 0 Å².